The van der Waals surface area contributed by atoms with Crippen molar-refractivity contribution < 1.29 is 9.59 Å². The number of allylic oxidation sites excluding steroid dienone is 12. The first-order chi connectivity index (χ1) is 17.2. The van der Waals surface area contributed by atoms with Crippen molar-refractivity contribution in [1.29, 1.82) is 0 Å². The van der Waals surface area contributed by atoms with Gasteiger partial charge in [0.1, 0.15) is 0 Å². The highest BCUT2D eigenvalue weighted by Gasteiger charge is 2.05. The number of amides is 1. The fourth-order valence-electron chi connectivity index (χ4n) is 3.09. The van der Waals surface area contributed by atoms with Gasteiger partial charge in [0.2, 0.25) is 5.91 Å². The van der Waals surface area contributed by atoms with Gasteiger partial charge in [-0.25, -0.2) is 0 Å². The molecule has 0 spiro atoms. The molecular weight excluding hydrogens is 432 g/mol. The number of rotatable bonds is 19. The van der Waals surface area contributed by atoms with Crippen molar-refractivity contribution in [3.63, 3.8) is 0 Å². The van der Waals surface area contributed by atoms with Crippen LogP contribution in [0.1, 0.15) is 81.5 Å². The van der Waals surface area contributed by atoms with Gasteiger partial charge in [-0.1, -0.05) is 79.8 Å². The molecule has 0 unspecified atom stereocenters. The van der Waals surface area contributed by atoms with Crippen molar-refractivity contribution in [2.75, 3.05) is 6.54 Å². The van der Waals surface area contributed by atoms with Gasteiger partial charge in [0.15, 0.2) is 5.78 Å². The zero-order valence-corrected chi connectivity index (χ0v) is 21.3. The largest absolute Gasteiger partial charge is 0.356 e. The molecule has 188 valence electrons. The Hall–Kier alpha value is -3.27. The van der Waals surface area contributed by atoms with Crippen LogP contribution in [-0.4, -0.2) is 23.2 Å². The van der Waals surface area contributed by atoms with E-state index in [4.69, 9.17) is 0 Å². The molecule has 0 saturated heterocycles. The molecule has 1 rings (SSSR count). The first-order valence-corrected chi connectivity index (χ1v) is 12.8. The van der Waals surface area contributed by atoms with E-state index in [0.717, 1.165) is 44.9 Å². The molecule has 0 radical (unpaired) electrons. The second-order valence-electron chi connectivity index (χ2n) is 8.07. The van der Waals surface area contributed by atoms with E-state index in [0.29, 0.717) is 31.4 Å². The summed E-state index contributed by atoms with van der Waals surface area (Å²) in [7, 11) is 0. The predicted molar refractivity (Wildman–Crippen MR) is 148 cm³/mol. The van der Waals surface area contributed by atoms with Crippen LogP contribution in [0.4, 0.5) is 0 Å². The number of carbonyl (C=O) groups is 2. The highest BCUT2D eigenvalue weighted by Crippen LogP contribution is 2.03. The van der Waals surface area contributed by atoms with Crippen LogP contribution in [0.2, 0.25) is 0 Å². The summed E-state index contributed by atoms with van der Waals surface area (Å²) in [6.45, 7) is 2.67. The molecule has 0 aliphatic rings. The Morgan fingerprint density at radius 3 is 1.83 bits per heavy atom. The number of nitrogens with zero attached hydrogens (tertiary/aromatic N) is 1. The third kappa shape index (κ3) is 18.8. The van der Waals surface area contributed by atoms with Crippen molar-refractivity contribution in [3.05, 3.63) is 103 Å². The number of hydrogen-bond donors (Lipinski definition) is 1. The Balaban J connectivity index is 1.96. The van der Waals surface area contributed by atoms with Crippen molar-refractivity contribution in [2.45, 2.75) is 71.1 Å². The first kappa shape index (κ1) is 29.8. The van der Waals surface area contributed by atoms with E-state index in [1.165, 1.54) is 0 Å². The van der Waals surface area contributed by atoms with Crippen LogP contribution in [0.15, 0.2) is 97.4 Å². The molecule has 1 amide bonds. The fraction of sp³-hybridized carbons (Fsp3) is 0.387. The van der Waals surface area contributed by atoms with E-state index in [9.17, 15) is 9.59 Å². The Labute approximate surface area is 212 Å². The lowest BCUT2D eigenvalue weighted by molar-refractivity contribution is -0.121. The molecule has 0 aliphatic heterocycles. The lowest BCUT2D eigenvalue weighted by Crippen LogP contribution is -2.24. The van der Waals surface area contributed by atoms with Crippen molar-refractivity contribution in [2.24, 2.45) is 0 Å². The van der Waals surface area contributed by atoms with Crippen LogP contribution in [0.25, 0.3) is 0 Å². The number of nitrogens with one attached hydrogen (secondary N) is 1. The lowest BCUT2D eigenvalue weighted by atomic mass is 10.1. The molecule has 0 aliphatic carbocycles. The molecule has 1 N–H and O–H groups in total. The number of aromatic nitrogens is 1. The summed E-state index contributed by atoms with van der Waals surface area (Å²) < 4.78 is 0. The fourth-order valence-corrected chi connectivity index (χ4v) is 3.09. The highest BCUT2D eigenvalue weighted by atomic mass is 16.1. The van der Waals surface area contributed by atoms with Gasteiger partial charge in [-0.05, 0) is 63.5 Å². The van der Waals surface area contributed by atoms with E-state index in [1.54, 1.807) is 24.5 Å². The van der Waals surface area contributed by atoms with E-state index in [1.807, 2.05) is 6.08 Å². The monoisotopic (exact) mass is 474 g/mol. The summed E-state index contributed by atoms with van der Waals surface area (Å²) in [5, 5.41) is 2.88. The summed E-state index contributed by atoms with van der Waals surface area (Å²) in [6, 6.07) is 3.52. The maximum atomic E-state index is 12.0. The zero-order valence-electron chi connectivity index (χ0n) is 21.3. The SMILES string of the molecule is CC/C=C\C/C=C\C/C=C\C/C=C\C/C=C\C/C=C\CCC(=O)NCCCC(=O)c1cccnc1. The highest BCUT2D eigenvalue weighted by molar-refractivity contribution is 5.95. The summed E-state index contributed by atoms with van der Waals surface area (Å²) in [4.78, 5) is 27.8. The van der Waals surface area contributed by atoms with Gasteiger partial charge in [-0.3, -0.25) is 14.6 Å². The van der Waals surface area contributed by atoms with Gasteiger partial charge in [-0.2, -0.15) is 0 Å². The van der Waals surface area contributed by atoms with Crippen LogP contribution in [-0.2, 0) is 4.79 Å². The minimum Gasteiger partial charge on any atom is -0.356 e. The van der Waals surface area contributed by atoms with Crippen LogP contribution < -0.4 is 5.32 Å². The minimum absolute atomic E-state index is 0.0263. The molecule has 0 fully saturated rings. The second kappa shape index (κ2) is 22.5. The molecule has 4 heteroatoms. The number of pyridine rings is 1. The molecule has 1 aromatic rings. The first-order valence-electron chi connectivity index (χ1n) is 12.8. The van der Waals surface area contributed by atoms with Gasteiger partial charge >= 0.3 is 0 Å². The van der Waals surface area contributed by atoms with Crippen molar-refractivity contribution >= 4 is 11.7 Å². The predicted octanol–water partition coefficient (Wildman–Crippen LogP) is 7.64. The van der Waals surface area contributed by atoms with E-state index >= 15 is 0 Å². The molecule has 0 saturated carbocycles. The quantitative estimate of drug-likeness (QED) is 0.127. The molecule has 0 bridgehead atoms. The Bertz CT molecular complexity index is 861. The third-order valence-electron chi connectivity index (χ3n) is 5.02. The van der Waals surface area contributed by atoms with Crippen LogP contribution >= 0.6 is 0 Å². The topological polar surface area (TPSA) is 59.1 Å². The maximum Gasteiger partial charge on any atom is 0.220 e. The van der Waals surface area contributed by atoms with Gasteiger partial charge in [0.05, 0.1) is 0 Å². The minimum atomic E-state index is 0.0263. The molecule has 35 heavy (non-hydrogen) atoms. The Morgan fingerprint density at radius 2 is 1.31 bits per heavy atom. The van der Waals surface area contributed by atoms with Gasteiger partial charge in [-0.15, -0.1) is 0 Å². The summed E-state index contributed by atoms with van der Waals surface area (Å²) in [5.74, 6) is 0.0867. The van der Waals surface area contributed by atoms with Crippen LogP contribution in [0.5, 0.6) is 0 Å². The molecule has 1 aromatic heterocycles. The zero-order chi connectivity index (χ0) is 25.2. The number of Topliss-reactive ketones (excluding diaryl/α,β-unsaturated/α-hetero) is 1. The third-order valence-corrected chi connectivity index (χ3v) is 5.02. The molecular formula is C31H42N2O2. The van der Waals surface area contributed by atoms with E-state index in [2.05, 4.69) is 84.1 Å². The molecule has 0 aromatic carbocycles. The molecule has 0 atom stereocenters. The standard InChI is InChI=1S/C31H42N2O2/c1-2-3-4-5-6-7-8-9-10-11-12-13-14-15-16-17-18-19-20-25-31(35)33-27-22-24-30(34)29-23-21-26-32-28-29/h3-4,6-7,9-10,12-13,15-16,18-19,21,23,26,28H,2,5,8,11,14,17,20,22,24-25,27H2,1H3,(H,33,35)/b4-3-,7-6-,10-9-,13-12-,16-15-,19-18-. The van der Waals surface area contributed by atoms with Gasteiger partial charge in [0.25, 0.3) is 0 Å². The summed E-state index contributed by atoms with van der Waals surface area (Å²) in [6.07, 6.45) is 37.4. The number of ketones is 1. The Morgan fingerprint density at radius 1 is 0.771 bits per heavy atom. The second-order valence-corrected chi connectivity index (χ2v) is 8.07. The smallest absolute Gasteiger partial charge is 0.220 e. The summed E-state index contributed by atoms with van der Waals surface area (Å²) in [5.41, 5.74) is 0.622. The number of hydrogen-bond acceptors (Lipinski definition) is 3. The van der Waals surface area contributed by atoms with Crippen molar-refractivity contribution in [3.8, 4) is 0 Å². The lowest BCUT2D eigenvalue weighted by Gasteiger charge is -2.04. The van der Waals surface area contributed by atoms with Gasteiger partial charge in [0, 0.05) is 37.3 Å². The average Bonchev–Trinajstić information content (AvgIpc) is 2.88. The van der Waals surface area contributed by atoms with E-state index in [-0.39, 0.29) is 11.7 Å². The normalized spacial score (nSPS) is 12.4. The maximum absolute atomic E-state index is 12.0. The number of carbonyl (C=O) groups excluding carboxylic acids is 2. The van der Waals surface area contributed by atoms with Gasteiger partial charge < -0.3 is 5.32 Å². The average molecular weight is 475 g/mol. The Kier molecular flexibility index (Phi) is 19.1. The van der Waals surface area contributed by atoms with Crippen molar-refractivity contribution in [1.82, 2.24) is 10.3 Å². The van der Waals surface area contributed by atoms with E-state index < -0.39 is 0 Å². The van der Waals surface area contributed by atoms with Crippen LogP contribution in [0.3, 0.4) is 0 Å². The molecule has 4 nitrogen and oxygen atoms in total. The molecule has 1 heterocycles. The van der Waals surface area contributed by atoms with Crippen LogP contribution in [0, 0.1) is 0 Å². The summed E-state index contributed by atoms with van der Waals surface area (Å²) >= 11 is 0.